The van der Waals surface area contributed by atoms with Gasteiger partial charge in [0, 0.05) is 19.3 Å². The van der Waals surface area contributed by atoms with Crippen molar-refractivity contribution in [1.29, 1.82) is 0 Å². The summed E-state index contributed by atoms with van der Waals surface area (Å²) in [6.45, 7) is 0.393. The third-order valence-corrected chi connectivity index (χ3v) is 3.36. The van der Waals surface area contributed by atoms with Gasteiger partial charge in [0.1, 0.15) is 5.82 Å². The van der Waals surface area contributed by atoms with Crippen LogP contribution in [0, 0.1) is 5.82 Å². The van der Waals surface area contributed by atoms with Gasteiger partial charge in [0.05, 0.1) is 16.3 Å². The molecule has 0 atom stereocenters. The molecule has 6 heteroatoms. The number of hydrogen-bond acceptors (Lipinski definition) is 3. The van der Waals surface area contributed by atoms with E-state index in [9.17, 15) is 14.3 Å². The van der Waals surface area contributed by atoms with E-state index in [-0.39, 0.29) is 10.6 Å². The van der Waals surface area contributed by atoms with Gasteiger partial charge in [-0.15, -0.1) is 0 Å². The average Bonchev–Trinajstić information content (AvgIpc) is 2.42. The minimum Gasteiger partial charge on any atom is -0.478 e. The van der Waals surface area contributed by atoms with Crippen LogP contribution in [0.4, 0.5) is 15.8 Å². The van der Waals surface area contributed by atoms with E-state index >= 15 is 0 Å². The van der Waals surface area contributed by atoms with E-state index in [2.05, 4.69) is 0 Å². The highest BCUT2D eigenvalue weighted by atomic mass is 35.5. The third kappa shape index (κ3) is 3.44. The van der Waals surface area contributed by atoms with E-state index < -0.39 is 11.8 Å². The molecule has 4 nitrogen and oxygen atoms in total. The SMILES string of the molecule is CN(Cc1ccc(F)c(Cl)c1)c1ccc(N)cc1C(=O)O. The lowest BCUT2D eigenvalue weighted by molar-refractivity contribution is 0.0697. The van der Waals surface area contributed by atoms with Crippen LogP contribution < -0.4 is 10.6 Å². The van der Waals surface area contributed by atoms with Crippen LogP contribution in [0.25, 0.3) is 0 Å². The Bertz CT molecular complexity index is 691. The number of anilines is 2. The fourth-order valence-corrected chi connectivity index (χ4v) is 2.26. The molecule has 21 heavy (non-hydrogen) atoms. The van der Waals surface area contributed by atoms with Gasteiger partial charge in [0.2, 0.25) is 0 Å². The van der Waals surface area contributed by atoms with E-state index in [0.29, 0.717) is 17.9 Å². The van der Waals surface area contributed by atoms with E-state index in [0.717, 1.165) is 5.56 Å². The molecule has 3 N–H and O–H groups in total. The third-order valence-electron chi connectivity index (χ3n) is 3.07. The summed E-state index contributed by atoms with van der Waals surface area (Å²) in [6, 6.07) is 9.10. The summed E-state index contributed by atoms with van der Waals surface area (Å²) in [6.07, 6.45) is 0. The van der Waals surface area contributed by atoms with Gasteiger partial charge in [-0.05, 0) is 35.9 Å². The van der Waals surface area contributed by atoms with Crippen LogP contribution in [0.3, 0.4) is 0 Å². The number of carbonyl (C=O) groups is 1. The first-order valence-electron chi connectivity index (χ1n) is 6.16. The molecule has 0 aliphatic rings. The zero-order valence-corrected chi connectivity index (χ0v) is 12.1. The van der Waals surface area contributed by atoms with Crippen LogP contribution in [0.1, 0.15) is 15.9 Å². The Kier molecular flexibility index (Phi) is 4.33. The number of carboxylic acid groups (broad SMARTS) is 1. The van der Waals surface area contributed by atoms with Gasteiger partial charge in [-0.25, -0.2) is 9.18 Å². The second-order valence-corrected chi connectivity index (χ2v) is 5.09. The summed E-state index contributed by atoms with van der Waals surface area (Å²) in [5.41, 5.74) is 7.41. The molecule has 0 aliphatic carbocycles. The first kappa shape index (κ1) is 15.1. The lowest BCUT2D eigenvalue weighted by atomic mass is 10.1. The molecule has 0 fully saturated rings. The Morgan fingerprint density at radius 3 is 2.67 bits per heavy atom. The highest BCUT2D eigenvalue weighted by Gasteiger charge is 2.14. The van der Waals surface area contributed by atoms with Crippen molar-refractivity contribution in [3.8, 4) is 0 Å². The maximum absolute atomic E-state index is 13.1. The number of nitrogens with zero attached hydrogens (tertiary/aromatic N) is 1. The second-order valence-electron chi connectivity index (χ2n) is 4.69. The molecule has 0 amide bonds. The number of hydrogen-bond donors (Lipinski definition) is 2. The first-order valence-corrected chi connectivity index (χ1v) is 6.54. The van der Waals surface area contributed by atoms with Crippen LogP contribution >= 0.6 is 11.6 Å². The molecule has 110 valence electrons. The van der Waals surface area contributed by atoms with Crippen LogP contribution in [0.15, 0.2) is 36.4 Å². The summed E-state index contributed by atoms with van der Waals surface area (Å²) < 4.78 is 13.1. The smallest absolute Gasteiger partial charge is 0.337 e. The maximum Gasteiger partial charge on any atom is 0.337 e. The van der Waals surface area contributed by atoms with Crippen molar-refractivity contribution < 1.29 is 14.3 Å². The maximum atomic E-state index is 13.1. The molecule has 0 saturated carbocycles. The van der Waals surface area contributed by atoms with Crippen molar-refractivity contribution in [3.63, 3.8) is 0 Å². The second kappa shape index (κ2) is 6.01. The molecule has 0 heterocycles. The number of halogens is 2. The molecule has 0 saturated heterocycles. The highest BCUT2D eigenvalue weighted by molar-refractivity contribution is 6.30. The van der Waals surface area contributed by atoms with Crippen molar-refractivity contribution in [2.75, 3.05) is 17.7 Å². The predicted molar refractivity (Wildman–Crippen MR) is 81.3 cm³/mol. The molecule has 0 spiro atoms. The molecule has 2 aromatic rings. The van der Waals surface area contributed by atoms with Gasteiger partial charge in [-0.2, -0.15) is 0 Å². The molecule has 0 bridgehead atoms. The largest absolute Gasteiger partial charge is 0.478 e. The van der Waals surface area contributed by atoms with Gasteiger partial charge in [-0.1, -0.05) is 17.7 Å². The molecular weight excluding hydrogens is 295 g/mol. The standard InChI is InChI=1S/C15H14ClFN2O2/c1-19(8-9-2-4-13(17)12(16)6-9)14-5-3-10(18)7-11(14)15(20)21/h2-7H,8,18H2,1H3,(H,20,21). The average molecular weight is 309 g/mol. The van der Waals surface area contributed by atoms with Crippen LogP contribution in [0.5, 0.6) is 0 Å². The summed E-state index contributed by atoms with van der Waals surface area (Å²) >= 11 is 5.74. The molecule has 0 unspecified atom stereocenters. The Morgan fingerprint density at radius 2 is 2.05 bits per heavy atom. The predicted octanol–water partition coefficient (Wildman–Crippen LogP) is 3.40. The van der Waals surface area contributed by atoms with Gasteiger partial charge in [0.25, 0.3) is 0 Å². The molecule has 0 aromatic heterocycles. The van der Waals surface area contributed by atoms with Crippen molar-refractivity contribution in [2.24, 2.45) is 0 Å². The Hall–Kier alpha value is -2.27. The van der Waals surface area contributed by atoms with Gasteiger partial charge < -0.3 is 15.7 Å². The van der Waals surface area contributed by atoms with Crippen LogP contribution in [-0.2, 0) is 6.54 Å². The topological polar surface area (TPSA) is 66.6 Å². The quantitative estimate of drug-likeness (QED) is 0.850. The fourth-order valence-electron chi connectivity index (χ4n) is 2.05. The molecule has 2 aromatic carbocycles. The lowest BCUT2D eigenvalue weighted by Crippen LogP contribution is -2.19. The summed E-state index contributed by atoms with van der Waals surface area (Å²) in [4.78, 5) is 13.0. The van der Waals surface area contributed by atoms with Crippen molar-refractivity contribution in [1.82, 2.24) is 0 Å². The molecular formula is C15H14ClFN2O2. The molecule has 0 radical (unpaired) electrons. The minimum absolute atomic E-state index is 0.0386. The lowest BCUT2D eigenvalue weighted by Gasteiger charge is -2.21. The van der Waals surface area contributed by atoms with Gasteiger partial charge in [-0.3, -0.25) is 0 Å². The zero-order chi connectivity index (χ0) is 15.6. The highest BCUT2D eigenvalue weighted by Crippen LogP contribution is 2.25. The molecule has 0 aliphatic heterocycles. The Morgan fingerprint density at radius 1 is 1.33 bits per heavy atom. The zero-order valence-electron chi connectivity index (χ0n) is 11.3. The Labute approximate surface area is 126 Å². The van der Waals surface area contributed by atoms with Crippen molar-refractivity contribution >= 4 is 28.9 Å². The van der Waals surface area contributed by atoms with E-state index in [1.807, 2.05) is 0 Å². The number of nitrogen functional groups attached to an aromatic ring is 1. The van der Waals surface area contributed by atoms with Crippen LogP contribution in [0.2, 0.25) is 5.02 Å². The summed E-state index contributed by atoms with van der Waals surface area (Å²) in [7, 11) is 1.75. The van der Waals surface area contributed by atoms with Gasteiger partial charge in [0.15, 0.2) is 0 Å². The van der Waals surface area contributed by atoms with E-state index in [1.54, 1.807) is 30.1 Å². The number of rotatable bonds is 4. The van der Waals surface area contributed by atoms with E-state index in [4.69, 9.17) is 17.3 Å². The number of carboxylic acids is 1. The number of benzene rings is 2. The van der Waals surface area contributed by atoms with E-state index in [1.165, 1.54) is 18.2 Å². The monoisotopic (exact) mass is 308 g/mol. The number of aromatic carboxylic acids is 1. The fraction of sp³-hybridized carbons (Fsp3) is 0.133. The molecule has 2 rings (SSSR count). The van der Waals surface area contributed by atoms with Crippen molar-refractivity contribution in [3.05, 3.63) is 58.4 Å². The first-order chi connectivity index (χ1) is 9.88. The van der Waals surface area contributed by atoms with Crippen LogP contribution in [-0.4, -0.2) is 18.1 Å². The van der Waals surface area contributed by atoms with Crippen molar-refractivity contribution in [2.45, 2.75) is 6.54 Å². The normalized spacial score (nSPS) is 10.4. The summed E-state index contributed by atoms with van der Waals surface area (Å²) in [5.74, 6) is -1.54. The minimum atomic E-state index is -1.05. The van der Waals surface area contributed by atoms with Gasteiger partial charge >= 0.3 is 5.97 Å². The Balaban J connectivity index is 2.29. The summed E-state index contributed by atoms with van der Waals surface area (Å²) in [5, 5.41) is 9.27. The number of nitrogens with two attached hydrogens (primary N) is 1.